The average molecular weight is 360 g/mol. The maximum absolute atomic E-state index is 12.3. The van der Waals surface area contributed by atoms with Crippen molar-refractivity contribution in [1.82, 2.24) is 9.29 Å². The highest BCUT2D eigenvalue weighted by Gasteiger charge is 2.50. The Labute approximate surface area is 122 Å². The Morgan fingerprint density at radius 2 is 1.84 bits per heavy atom. The molecule has 0 aliphatic rings. The van der Waals surface area contributed by atoms with Crippen LogP contribution >= 0.6 is 34.8 Å². The number of nitrogens with zero attached hydrogens (tertiary/aromatic N) is 1. The van der Waals surface area contributed by atoms with E-state index in [0.717, 1.165) is 0 Å². The Morgan fingerprint density at radius 3 is 2.16 bits per heavy atom. The van der Waals surface area contributed by atoms with Crippen molar-refractivity contribution in [2.75, 3.05) is 0 Å². The molecule has 0 aliphatic carbocycles. The van der Waals surface area contributed by atoms with Crippen LogP contribution in [0.25, 0.3) is 0 Å². The van der Waals surface area contributed by atoms with Gasteiger partial charge in [-0.15, -0.1) is 0 Å². The Kier molecular flexibility index (Phi) is 4.74. The van der Waals surface area contributed by atoms with Gasteiger partial charge >= 0.3 is 15.5 Å². The van der Waals surface area contributed by atoms with Gasteiger partial charge in [0, 0.05) is 18.9 Å². The van der Waals surface area contributed by atoms with Crippen molar-refractivity contribution >= 4 is 44.8 Å². The van der Waals surface area contributed by atoms with Gasteiger partial charge in [0.1, 0.15) is 6.04 Å². The van der Waals surface area contributed by atoms with E-state index in [1.807, 2.05) is 0 Å². The highest BCUT2D eigenvalue weighted by atomic mass is 35.6. The maximum Gasteiger partial charge on any atom is 0.511 e. The summed E-state index contributed by atoms with van der Waals surface area (Å²) in [4.78, 5) is 0. The molecule has 1 aromatic rings. The molecule has 11 heteroatoms. The number of sulfonamides is 1. The second-order valence-electron chi connectivity index (χ2n) is 3.59. The lowest BCUT2D eigenvalue weighted by Crippen LogP contribution is -2.43. The van der Waals surface area contributed by atoms with Crippen LogP contribution in [0.15, 0.2) is 18.3 Å². The van der Waals surface area contributed by atoms with Crippen LogP contribution in [0.2, 0.25) is 0 Å². The summed E-state index contributed by atoms with van der Waals surface area (Å²) in [5.41, 5.74) is -5.42. The molecule has 1 atom stereocenters. The second-order valence-corrected chi connectivity index (χ2v) is 7.66. The van der Waals surface area contributed by atoms with Gasteiger partial charge in [0.2, 0.25) is 3.79 Å². The number of aromatic nitrogens is 1. The van der Waals surface area contributed by atoms with Gasteiger partial charge in [-0.25, -0.2) is 8.42 Å². The first-order valence-corrected chi connectivity index (χ1v) is 7.24. The summed E-state index contributed by atoms with van der Waals surface area (Å²) in [6, 6.07) is 1.13. The Hall–Kier alpha value is -0.150. The molecule has 4 nitrogen and oxygen atoms in total. The quantitative estimate of drug-likeness (QED) is 0.844. The molecule has 110 valence electrons. The number of aryl methyl sites for hydroxylation is 1. The van der Waals surface area contributed by atoms with E-state index >= 15 is 0 Å². The monoisotopic (exact) mass is 358 g/mol. The summed E-state index contributed by atoms with van der Waals surface area (Å²) in [5, 5.41) is 0. The summed E-state index contributed by atoms with van der Waals surface area (Å²) in [6.45, 7) is 0. The van der Waals surface area contributed by atoms with Gasteiger partial charge in [0.15, 0.2) is 0 Å². The topological polar surface area (TPSA) is 51.1 Å². The van der Waals surface area contributed by atoms with Gasteiger partial charge in [-0.3, -0.25) is 0 Å². The Morgan fingerprint density at radius 1 is 1.32 bits per heavy atom. The second kappa shape index (κ2) is 5.33. The fourth-order valence-corrected chi connectivity index (χ4v) is 2.73. The number of hydrogen-bond donors (Lipinski definition) is 1. The molecule has 0 amide bonds. The van der Waals surface area contributed by atoms with Crippen LogP contribution in [-0.4, -0.2) is 22.3 Å². The first kappa shape index (κ1) is 16.9. The number of alkyl halides is 6. The summed E-state index contributed by atoms with van der Waals surface area (Å²) in [7, 11) is -4.17. The fourth-order valence-electron chi connectivity index (χ4n) is 1.29. The predicted molar refractivity (Wildman–Crippen MR) is 66.6 cm³/mol. The summed E-state index contributed by atoms with van der Waals surface area (Å²) >= 11 is 16.6. The predicted octanol–water partition coefficient (Wildman–Crippen LogP) is 2.88. The number of halogens is 6. The summed E-state index contributed by atoms with van der Waals surface area (Å²) in [6.07, 6.45) is 1.47. The van der Waals surface area contributed by atoms with E-state index in [9.17, 15) is 21.6 Å². The molecule has 0 bridgehead atoms. The van der Waals surface area contributed by atoms with Crippen molar-refractivity contribution in [3.8, 4) is 0 Å². The van der Waals surface area contributed by atoms with Crippen LogP contribution in [0.3, 0.4) is 0 Å². The van der Waals surface area contributed by atoms with Crippen molar-refractivity contribution in [2.45, 2.75) is 15.3 Å². The lowest BCUT2D eigenvalue weighted by molar-refractivity contribution is -0.0451. The van der Waals surface area contributed by atoms with Crippen LogP contribution in [0.4, 0.5) is 13.2 Å². The van der Waals surface area contributed by atoms with E-state index in [1.54, 1.807) is 0 Å². The third-order valence-corrected chi connectivity index (χ3v) is 3.99. The molecular weight excluding hydrogens is 352 g/mol. The molecular formula is C8H8Cl3F3N2O2S. The first-order valence-electron chi connectivity index (χ1n) is 4.63. The van der Waals surface area contributed by atoms with E-state index in [0.29, 0.717) is 0 Å². The fraction of sp³-hybridized carbons (Fsp3) is 0.500. The normalized spacial score (nSPS) is 15.5. The molecule has 0 radical (unpaired) electrons. The highest BCUT2D eigenvalue weighted by molar-refractivity contribution is 7.90. The standard InChI is InChI=1S/C8H8Cl3F3N2O2S/c1-16-4-2-3-5(16)6(7(9,10)11)15-19(17,18)8(12,13)14/h2-4,6,15H,1H3. The molecule has 0 aliphatic heterocycles. The number of rotatable bonds is 3. The van der Waals surface area contributed by atoms with Gasteiger partial charge in [-0.2, -0.15) is 17.9 Å². The smallest absolute Gasteiger partial charge is 0.353 e. The third-order valence-electron chi connectivity index (χ3n) is 2.18. The van der Waals surface area contributed by atoms with Gasteiger partial charge in [0.25, 0.3) is 0 Å². The van der Waals surface area contributed by atoms with Gasteiger partial charge < -0.3 is 4.57 Å². The third kappa shape index (κ3) is 3.91. The minimum atomic E-state index is -5.64. The summed E-state index contributed by atoms with van der Waals surface area (Å²) in [5.74, 6) is 0. The Bertz CT molecular complexity index is 550. The molecule has 0 saturated heterocycles. The van der Waals surface area contributed by atoms with Gasteiger partial charge in [0.05, 0.1) is 0 Å². The van der Waals surface area contributed by atoms with Crippen molar-refractivity contribution in [3.05, 3.63) is 24.0 Å². The zero-order valence-electron chi connectivity index (χ0n) is 9.25. The number of hydrogen-bond acceptors (Lipinski definition) is 2. The molecule has 1 N–H and O–H groups in total. The van der Waals surface area contributed by atoms with Crippen LogP contribution < -0.4 is 4.72 Å². The molecule has 1 rings (SSSR count). The van der Waals surface area contributed by atoms with Crippen LogP contribution in [0.5, 0.6) is 0 Å². The van der Waals surface area contributed by atoms with Crippen LogP contribution in [0.1, 0.15) is 11.7 Å². The maximum atomic E-state index is 12.3. The molecule has 1 heterocycles. The lowest BCUT2D eigenvalue weighted by Gasteiger charge is -2.26. The molecule has 1 unspecified atom stereocenters. The highest BCUT2D eigenvalue weighted by Crippen LogP contribution is 2.41. The zero-order valence-corrected chi connectivity index (χ0v) is 12.3. The van der Waals surface area contributed by atoms with E-state index in [2.05, 4.69) is 0 Å². The van der Waals surface area contributed by atoms with E-state index in [4.69, 9.17) is 34.8 Å². The van der Waals surface area contributed by atoms with Crippen molar-refractivity contribution in [3.63, 3.8) is 0 Å². The minimum absolute atomic E-state index is 0.0767. The van der Waals surface area contributed by atoms with Crippen molar-refractivity contribution in [1.29, 1.82) is 0 Å². The van der Waals surface area contributed by atoms with Crippen LogP contribution in [-0.2, 0) is 17.1 Å². The molecule has 0 aromatic carbocycles. The Balaban J connectivity index is 3.21. The molecule has 0 saturated carbocycles. The molecule has 19 heavy (non-hydrogen) atoms. The van der Waals surface area contributed by atoms with E-state index in [1.165, 1.54) is 34.7 Å². The first-order chi connectivity index (χ1) is 8.36. The molecule has 0 fully saturated rings. The van der Waals surface area contributed by atoms with Crippen molar-refractivity contribution < 1.29 is 21.6 Å². The molecule has 1 aromatic heterocycles. The van der Waals surface area contributed by atoms with E-state index in [-0.39, 0.29) is 5.69 Å². The largest absolute Gasteiger partial charge is 0.511 e. The zero-order chi connectivity index (χ0) is 15.1. The van der Waals surface area contributed by atoms with Crippen molar-refractivity contribution in [2.24, 2.45) is 7.05 Å². The average Bonchev–Trinajstić information content (AvgIpc) is 2.57. The number of nitrogens with one attached hydrogen (secondary N) is 1. The minimum Gasteiger partial charge on any atom is -0.353 e. The summed E-state index contributed by atoms with van der Waals surface area (Å²) < 4.78 is 59.6. The lowest BCUT2D eigenvalue weighted by atomic mass is 10.2. The van der Waals surface area contributed by atoms with Gasteiger partial charge in [-0.05, 0) is 12.1 Å². The molecule has 0 spiro atoms. The van der Waals surface area contributed by atoms with Crippen LogP contribution in [0, 0.1) is 0 Å². The van der Waals surface area contributed by atoms with E-state index < -0.39 is 25.4 Å². The van der Waals surface area contributed by atoms with Gasteiger partial charge in [-0.1, -0.05) is 34.8 Å². The SMILES string of the molecule is Cn1cccc1C(NS(=O)(=O)C(F)(F)F)C(Cl)(Cl)Cl.